The van der Waals surface area contributed by atoms with Crippen LogP contribution in [0.5, 0.6) is 0 Å². The predicted octanol–water partition coefficient (Wildman–Crippen LogP) is 1.76. The fourth-order valence-corrected chi connectivity index (χ4v) is 1.97. The molecular weight excluding hydrogens is 270 g/mol. The lowest BCUT2D eigenvalue weighted by Crippen LogP contribution is -2.18. The van der Waals surface area contributed by atoms with Crippen molar-refractivity contribution in [3.63, 3.8) is 0 Å². The van der Waals surface area contributed by atoms with Gasteiger partial charge in [0.25, 0.3) is 0 Å². The van der Waals surface area contributed by atoms with Gasteiger partial charge in [-0.1, -0.05) is 0 Å². The molecule has 2 heterocycles. The number of rotatable bonds is 5. The van der Waals surface area contributed by atoms with E-state index in [1.807, 2.05) is 0 Å². The topological polar surface area (TPSA) is 73.3 Å². The van der Waals surface area contributed by atoms with Crippen molar-refractivity contribution in [1.29, 1.82) is 0 Å². The van der Waals surface area contributed by atoms with Crippen molar-refractivity contribution in [1.82, 2.24) is 9.97 Å². The third kappa shape index (κ3) is 3.78. The molecule has 1 aromatic rings. The van der Waals surface area contributed by atoms with Gasteiger partial charge in [0, 0.05) is 25.3 Å². The van der Waals surface area contributed by atoms with Crippen LogP contribution in [0.25, 0.3) is 0 Å². The van der Waals surface area contributed by atoms with Crippen LogP contribution < -0.4 is 5.32 Å². The molecule has 0 spiro atoms. The number of carbonyl (C=O) groups is 1. The van der Waals surface area contributed by atoms with Gasteiger partial charge in [0.2, 0.25) is 5.28 Å². The molecule has 1 unspecified atom stereocenters. The van der Waals surface area contributed by atoms with Gasteiger partial charge in [0.15, 0.2) is 0 Å². The lowest BCUT2D eigenvalue weighted by molar-refractivity contribution is 0.0526. The average Bonchev–Trinajstić information content (AvgIpc) is 2.89. The van der Waals surface area contributed by atoms with Crippen LogP contribution in [0.3, 0.4) is 0 Å². The summed E-state index contributed by atoms with van der Waals surface area (Å²) in [5.74, 6) is 0.374. The predicted molar refractivity (Wildman–Crippen MR) is 70.4 cm³/mol. The summed E-state index contributed by atoms with van der Waals surface area (Å²) in [6.45, 7) is 4.23. The van der Waals surface area contributed by atoms with E-state index in [2.05, 4.69) is 15.3 Å². The van der Waals surface area contributed by atoms with Crippen LogP contribution in [0.2, 0.25) is 5.28 Å². The zero-order valence-electron chi connectivity index (χ0n) is 10.7. The minimum absolute atomic E-state index is 0.0956. The smallest absolute Gasteiger partial charge is 0.343 e. The molecule has 0 radical (unpaired) electrons. The molecular formula is C12H16ClN3O3. The number of carbonyl (C=O) groups excluding carboxylic acids is 1. The van der Waals surface area contributed by atoms with Crippen LogP contribution in [0, 0.1) is 5.92 Å². The Kier molecular flexibility index (Phi) is 4.93. The molecule has 104 valence electrons. The molecule has 1 saturated heterocycles. The van der Waals surface area contributed by atoms with E-state index >= 15 is 0 Å². The minimum atomic E-state index is -0.454. The zero-order valence-corrected chi connectivity index (χ0v) is 11.4. The van der Waals surface area contributed by atoms with E-state index in [-0.39, 0.29) is 5.28 Å². The van der Waals surface area contributed by atoms with Gasteiger partial charge in [-0.2, -0.15) is 4.98 Å². The van der Waals surface area contributed by atoms with Crippen molar-refractivity contribution in [2.45, 2.75) is 13.3 Å². The number of ether oxygens (including phenoxy) is 2. The number of aromatic nitrogens is 2. The van der Waals surface area contributed by atoms with Crippen LogP contribution in [0.4, 0.5) is 5.82 Å². The molecule has 7 heteroatoms. The highest BCUT2D eigenvalue weighted by atomic mass is 35.5. The summed E-state index contributed by atoms with van der Waals surface area (Å²) in [6, 6.07) is 0. The van der Waals surface area contributed by atoms with E-state index in [9.17, 15) is 4.79 Å². The fourth-order valence-electron chi connectivity index (χ4n) is 1.84. The van der Waals surface area contributed by atoms with Gasteiger partial charge in [0.05, 0.1) is 13.2 Å². The summed E-state index contributed by atoms with van der Waals surface area (Å²) < 4.78 is 10.2. The first-order valence-electron chi connectivity index (χ1n) is 6.22. The van der Waals surface area contributed by atoms with Gasteiger partial charge in [-0.3, -0.25) is 0 Å². The Bertz CT molecular complexity index is 450. The molecule has 0 aromatic carbocycles. The summed E-state index contributed by atoms with van der Waals surface area (Å²) in [5, 5.41) is 3.21. The fraction of sp³-hybridized carbons (Fsp3) is 0.583. The highest BCUT2D eigenvalue weighted by molar-refractivity contribution is 6.28. The first-order chi connectivity index (χ1) is 9.20. The Morgan fingerprint density at radius 1 is 1.68 bits per heavy atom. The number of anilines is 1. The number of halogens is 1. The normalized spacial score (nSPS) is 18.3. The third-order valence-corrected chi connectivity index (χ3v) is 3.02. The second-order valence-electron chi connectivity index (χ2n) is 4.23. The second kappa shape index (κ2) is 6.68. The van der Waals surface area contributed by atoms with E-state index in [1.165, 1.54) is 6.20 Å². The molecule has 0 saturated carbocycles. The van der Waals surface area contributed by atoms with E-state index in [4.69, 9.17) is 21.1 Å². The number of nitrogens with one attached hydrogen (secondary N) is 1. The molecule has 1 N–H and O–H groups in total. The largest absolute Gasteiger partial charge is 0.462 e. The third-order valence-electron chi connectivity index (χ3n) is 2.84. The summed E-state index contributed by atoms with van der Waals surface area (Å²) in [4.78, 5) is 19.6. The van der Waals surface area contributed by atoms with Gasteiger partial charge in [0.1, 0.15) is 11.4 Å². The molecule has 6 nitrogen and oxygen atoms in total. The molecule has 1 aliphatic rings. The summed E-state index contributed by atoms with van der Waals surface area (Å²) in [7, 11) is 0. The van der Waals surface area contributed by atoms with Crippen LogP contribution in [-0.2, 0) is 9.47 Å². The minimum Gasteiger partial charge on any atom is -0.462 e. The van der Waals surface area contributed by atoms with Crippen molar-refractivity contribution in [2.75, 3.05) is 31.7 Å². The van der Waals surface area contributed by atoms with E-state index in [0.717, 1.165) is 19.6 Å². The van der Waals surface area contributed by atoms with Gasteiger partial charge in [-0.25, -0.2) is 9.78 Å². The van der Waals surface area contributed by atoms with Gasteiger partial charge in [-0.15, -0.1) is 0 Å². The molecule has 2 rings (SSSR count). The highest BCUT2D eigenvalue weighted by Gasteiger charge is 2.19. The van der Waals surface area contributed by atoms with Gasteiger partial charge in [-0.05, 0) is 24.9 Å². The van der Waals surface area contributed by atoms with Crippen molar-refractivity contribution < 1.29 is 14.3 Å². The number of esters is 1. The molecule has 19 heavy (non-hydrogen) atoms. The summed E-state index contributed by atoms with van der Waals surface area (Å²) >= 11 is 5.75. The molecule has 0 bridgehead atoms. The van der Waals surface area contributed by atoms with Crippen molar-refractivity contribution >= 4 is 23.4 Å². The maximum absolute atomic E-state index is 11.8. The van der Waals surface area contributed by atoms with Crippen LogP contribution in [0.15, 0.2) is 6.20 Å². The zero-order chi connectivity index (χ0) is 13.7. The molecule has 0 aliphatic carbocycles. The SMILES string of the molecule is CCOC(=O)c1cnc(Cl)nc1NCC1CCOC1. The Hall–Kier alpha value is -1.40. The summed E-state index contributed by atoms with van der Waals surface area (Å²) in [6.07, 6.45) is 2.38. The van der Waals surface area contributed by atoms with Crippen molar-refractivity contribution in [3.8, 4) is 0 Å². The monoisotopic (exact) mass is 285 g/mol. The number of hydrogen-bond donors (Lipinski definition) is 1. The molecule has 1 aliphatic heterocycles. The van der Waals surface area contributed by atoms with E-state index in [0.29, 0.717) is 30.5 Å². The average molecular weight is 286 g/mol. The Morgan fingerprint density at radius 2 is 2.53 bits per heavy atom. The first-order valence-corrected chi connectivity index (χ1v) is 6.59. The van der Waals surface area contributed by atoms with E-state index in [1.54, 1.807) is 6.92 Å². The van der Waals surface area contributed by atoms with Crippen LogP contribution in [-0.4, -0.2) is 42.3 Å². The molecule has 0 amide bonds. The molecule has 1 atom stereocenters. The second-order valence-corrected chi connectivity index (χ2v) is 4.57. The standard InChI is InChI=1S/C12H16ClN3O3/c1-2-19-11(17)9-6-15-12(13)16-10(9)14-5-8-3-4-18-7-8/h6,8H,2-5,7H2,1H3,(H,14,15,16). The van der Waals surface area contributed by atoms with E-state index < -0.39 is 5.97 Å². The Balaban J connectivity index is 2.07. The maximum atomic E-state index is 11.8. The van der Waals surface area contributed by atoms with Crippen LogP contribution >= 0.6 is 11.6 Å². The Labute approximate surface area is 116 Å². The highest BCUT2D eigenvalue weighted by Crippen LogP contribution is 2.18. The quantitative estimate of drug-likeness (QED) is 0.656. The van der Waals surface area contributed by atoms with Crippen molar-refractivity contribution in [3.05, 3.63) is 17.0 Å². The van der Waals surface area contributed by atoms with Crippen LogP contribution in [0.1, 0.15) is 23.7 Å². The lowest BCUT2D eigenvalue weighted by atomic mass is 10.1. The molecule has 1 fully saturated rings. The van der Waals surface area contributed by atoms with Crippen molar-refractivity contribution in [2.24, 2.45) is 5.92 Å². The summed E-state index contributed by atoms with van der Waals surface area (Å²) in [5.41, 5.74) is 0.296. The van der Waals surface area contributed by atoms with Gasteiger partial charge >= 0.3 is 5.97 Å². The lowest BCUT2D eigenvalue weighted by Gasteiger charge is -2.12. The number of nitrogens with zero attached hydrogens (tertiary/aromatic N) is 2. The molecule has 1 aromatic heterocycles. The first kappa shape index (κ1) is 14.0. The maximum Gasteiger partial charge on any atom is 0.343 e. The number of hydrogen-bond acceptors (Lipinski definition) is 6. The Morgan fingerprint density at radius 3 is 3.21 bits per heavy atom. The van der Waals surface area contributed by atoms with Gasteiger partial charge < -0.3 is 14.8 Å².